The number of halogens is 1. The minimum Gasteiger partial charge on any atom is -0.490 e. The quantitative estimate of drug-likeness (QED) is 0.169. The largest absolute Gasteiger partial charge is 0.490 e. The van der Waals surface area contributed by atoms with Crippen molar-refractivity contribution in [3.63, 3.8) is 0 Å². The van der Waals surface area contributed by atoms with Crippen molar-refractivity contribution in [3.8, 4) is 11.8 Å². The Balaban J connectivity index is 0.799. The number of hydrogen-bond acceptors (Lipinski definition) is 10. The summed E-state index contributed by atoms with van der Waals surface area (Å²) >= 11 is 6.12. The summed E-state index contributed by atoms with van der Waals surface area (Å²) in [6, 6.07) is 19.1. The number of rotatable bonds is 11. The maximum atomic E-state index is 13.2. The maximum absolute atomic E-state index is 13.2. The van der Waals surface area contributed by atoms with E-state index in [-0.39, 0.29) is 48.1 Å². The van der Waals surface area contributed by atoms with Crippen LogP contribution < -0.4 is 30.9 Å². The summed E-state index contributed by atoms with van der Waals surface area (Å²) in [5.41, 5.74) is 3.31. The zero-order valence-corrected chi connectivity index (χ0v) is 29.1. The van der Waals surface area contributed by atoms with Crippen LogP contribution in [0.1, 0.15) is 75.2 Å². The molecule has 2 saturated heterocycles. The van der Waals surface area contributed by atoms with Crippen molar-refractivity contribution >= 4 is 52.5 Å². The van der Waals surface area contributed by atoms with E-state index in [0.29, 0.717) is 28.4 Å². The molecule has 14 heteroatoms. The third-order valence-corrected chi connectivity index (χ3v) is 10.4. The third kappa shape index (κ3) is 7.44. The smallest absolute Gasteiger partial charge is 0.262 e. The van der Waals surface area contributed by atoms with E-state index in [1.54, 1.807) is 30.3 Å². The van der Waals surface area contributed by atoms with Gasteiger partial charge in [0, 0.05) is 67.7 Å². The zero-order chi connectivity index (χ0) is 36.4. The molecule has 3 aromatic rings. The van der Waals surface area contributed by atoms with Crippen LogP contribution in [0.5, 0.6) is 5.75 Å². The van der Waals surface area contributed by atoms with Gasteiger partial charge in [-0.3, -0.25) is 34.2 Å². The van der Waals surface area contributed by atoms with E-state index in [2.05, 4.69) is 26.2 Å². The number of fused-ring (bicyclic) bond motifs is 1. The normalized spacial score (nSPS) is 21.6. The fourth-order valence-corrected chi connectivity index (χ4v) is 7.36. The first-order valence-corrected chi connectivity index (χ1v) is 17.9. The van der Waals surface area contributed by atoms with Gasteiger partial charge in [-0.25, -0.2) is 0 Å². The second kappa shape index (κ2) is 15.0. The van der Waals surface area contributed by atoms with Crippen molar-refractivity contribution in [3.05, 3.63) is 87.9 Å². The summed E-state index contributed by atoms with van der Waals surface area (Å²) in [7, 11) is 0. The molecular weight excluding hydrogens is 686 g/mol. The minimum absolute atomic E-state index is 0.0339. The number of hydrogen-bond donors (Lipinski definition) is 4. The summed E-state index contributed by atoms with van der Waals surface area (Å²) < 4.78 is 6.06. The zero-order valence-electron chi connectivity index (χ0n) is 28.3. The number of nitriles is 1. The fourth-order valence-electron chi connectivity index (χ4n) is 7.14. The fraction of sp³-hybridized carbons (Fsp3) is 0.368. The highest BCUT2D eigenvalue weighted by atomic mass is 35.5. The first kappa shape index (κ1) is 35.0. The van der Waals surface area contributed by atoms with Crippen molar-refractivity contribution in [2.24, 2.45) is 0 Å². The van der Waals surface area contributed by atoms with Crippen molar-refractivity contribution in [1.29, 1.82) is 5.26 Å². The van der Waals surface area contributed by atoms with Crippen LogP contribution in [0.2, 0.25) is 5.02 Å². The average molecular weight is 724 g/mol. The van der Waals surface area contributed by atoms with Crippen molar-refractivity contribution in [1.82, 2.24) is 20.9 Å². The van der Waals surface area contributed by atoms with Gasteiger partial charge >= 0.3 is 0 Å². The molecule has 4 aliphatic rings. The second-order valence-electron chi connectivity index (χ2n) is 13.6. The lowest BCUT2D eigenvalue weighted by molar-refractivity contribution is -0.136. The Morgan fingerprint density at radius 1 is 0.885 bits per heavy atom. The van der Waals surface area contributed by atoms with E-state index in [1.165, 1.54) is 0 Å². The van der Waals surface area contributed by atoms with E-state index in [0.717, 1.165) is 61.6 Å². The number of carbonyl (C=O) groups excluding carboxylic acids is 5. The Labute approximate surface area is 305 Å². The standard InChI is InChI=1S/C38H38ClN7O6/c39-32-18-29(9-3-23(32)19-40)52-28-10-6-25(7-11-28)43-35(48)22-1-4-24(5-2-22)41-15-16-42-26-20-45(21-26)27-8-12-30-31(17-27)38(51)46(37(30)50)33-13-14-34(47)44-36(33)49/h1-5,8-9,12,17-18,25-26,28,33,41-42H,6-7,10-11,13-16,20-21H2,(H,43,48)(H,44,47,49). The number of amides is 5. The van der Waals surface area contributed by atoms with Gasteiger partial charge in [0.1, 0.15) is 17.9 Å². The lowest BCUT2D eigenvalue weighted by Crippen LogP contribution is -2.58. The summed E-state index contributed by atoms with van der Waals surface area (Å²) in [5.74, 6) is -1.50. The molecule has 3 aromatic carbocycles. The highest BCUT2D eigenvalue weighted by Crippen LogP contribution is 2.32. The van der Waals surface area contributed by atoms with Gasteiger partial charge in [0.15, 0.2) is 0 Å². The Hall–Kier alpha value is -5.45. The van der Waals surface area contributed by atoms with Gasteiger partial charge in [-0.15, -0.1) is 0 Å². The molecular formula is C38H38ClN7O6. The van der Waals surface area contributed by atoms with Gasteiger partial charge in [0.2, 0.25) is 11.8 Å². The molecule has 3 heterocycles. The van der Waals surface area contributed by atoms with E-state index < -0.39 is 29.7 Å². The topological polar surface area (TPSA) is 173 Å². The molecule has 3 fully saturated rings. The predicted octanol–water partition coefficient (Wildman–Crippen LogP) is 3.62. The monoisotopic (exact) mass is 723 g/mol. The van der Waals surface area contributed by atoms with E-state index >= 15 is 0 Å². The Morgan fingerprint density at radius 3 is 2.35 bits per heavy atom. The molecule has 13 nitrogen and oxygen atoms in total. The van der Waals surface area contributed by atoms with Crippen LogP contribution in [-0.2, 0) is 9.59 Å². The number of nitrogens with one attached hydrogen (secondary N) is 4. The Morgan fingerprint density at radius 2 is 1.63 bits per heavy atom. The number of carbonyl (C=O) groups is 5. The molecule has 0 aromatic heterocycles. The number of ether oxygens (including phenoxy) is 1. The van der Waals surface area contributed by atoms with Gasteiger partial charge in [0.05, 0.1) is 27.8 Å². The van der Waals surface area contributed by atoms with Gasteiger partial charge < -0.3 is 25.6 Å². The molecule has 0 spiro atoms. The maximum Gasteiger partial charge on any atom is 0.262 e. The Kier molecular flexibility index (Phi) is 10.1. The third-order valence-electron chi connectivity index (χ3n) is 10.1. The van der Waals surface area contributed by atoms with Crippen LogP contribution in [0.15, 0.2) is 60.7 Å². The molecule has 7 rings (SSSR count). The molecule has 3 aliphatic heterocycles. The first-order chi connectivity index (χ1) is 25.2. The molecule has 1 saturated carbocycles. The summed E-state index contributed by atoms with van der Waals surface area (Å²) in [6.45, 7) is 2.89. The SMILES string of the molecule is N#Cc1ccc(OC2CCC(NC(=O)c3ccc(NCCNC4CN(c5ccc6c(c5)C(=O)N(C5CCC(=O)NC5=O)C6=O)C4)cc3)CC2)cc1Cl. The minimum atomic E-state index is -0.982. The Bertz CT molecular complexity index is 1950. The molecule has 1 unspecified atom stereocenters. The number of imide groups is 2. The van der Waals surface area contributed by atoms with Crippen LogP contribution in [-0.4, -0.2) is 84.8 Å². The summed E-state index contributed by atoms with van der Waals surface area (Å²) in [5, 5.41) is 21.7. The van der Waals surface area contributed by atoms with Crippen LogP contribution in [0.4, 0.5) is 11.4 Å². The molecule has 1 atom stereocenters. The van der Waals surface area contributed by atoms with Crippen molar-refractivity contribution < 1.29 is 28.7 Å². The second-order valence-corrected chi connectivity index (χ2v) is 14.0. The van der Waals surface area contributed by atoms with E-state index in [4.69, 9.17) is 21.6 Å². The van der Waals surface area contributed by atoms with Gasteiger partial charge in [-0.2, -0.15) is 5.26 Å². The van der Waals surface area contributed by atoms with Crippen molar-refractivity contribution in [2.75, 3.05) is 36.4 Å². The summed E-state index contributed by atoms with van der Waals surface area (Å²) in [6.07, 6.45) is 3.48. The molecule has 4 N–H and O–H groups in total. The molecule has 0 radical (unpaired) electrons. The van der Waals surface area contributed by atoms with Gasteiger partial charge in [0.25, 0.3) is 17.7 Å². The number of nitrogens with zero attached hydrogens (tertiary/aromatic N) is 3. The molecule has 5 amide bonds. The number of anilines is 2. The van der Waals surface area contributed by atoms with E-state index in [1.807, 2.05) is 36.4 Å². The molecule has 268 valence electrons. The molecule has 52 heavy (non-hydrogen) atoms. The van der Waals surface area contributed by atoms with Crippen LogP contribution in [0, 0.1) is 11.3 Å². The number of benzene rings is 3. The highest BCUT2D eigenvalue weighted by molar-refractivity contribution is 6.31. The predicted molar refractivity (Wildman–Crippen MR) is 192 cm³/mol. The van der Waals surface area contributed by atoms with Crippen LogP contribution in [0.3, 0.4) is 0 Å². The van der Waals surface area contributed by atoms with Gasteiger partial charge in [-0.05, 0) is 86.7 Å². The molecule has 1 aliphatic carbocycles. The van der Waals surface area contributed by atoms with Crippen LogP contribution in [0.25, 0.3) is 0 Å². The lowest BCUT2D eigenvalue weighted by Gasteiger charge is -2.41. The first-order valence-electron chi connectivity index (χ1n) is 17.5. The highest BCUT2D eigenvalue weighted by Gasteiger charge is 2.45. The van der Waals surface area contributed by atoms with Crippen LogP contribution >= 0.6 is 11.6 Å². The summed E-state index contributed by atoms with van der Waals surface area (Å²) in [4.78, 5) is 66.0. The average Bonchev–Trinajstić information content (AvgIpc) is 3.36. The van der Waals surface area contributed by atoms with Gasteiger partial charge in [-0.1, -0.05) is 11.6 Å². The van der Waals surface area contributed by atoms with E-state index in [9.17, 15) is 24.0 Å². The molecule has 0 bridgehead atoms. The van der Waals surface area contributed by atoms with Crippen molar-refractivity contribution in [2.45, 2.75) is 62.8 Å². The lowest BCUT2D eigenvalue weighted by atomic mass is 9.92. The number of piperidine rings is 1.